The SMILES string of the molecule is O=C(CCN1CCN(c2ccccc2)CC1)Nc1ccc(Br)cc1F. The van der Waals surface area contributed by atoms with Crippen molar-refractivity contribution in [1.29, 1.82) is 0 Å². The molecule has 1 aliphatic rings. The first kappa shape index (κ1) is 17.9. The van der Waals surface area contributed by atoms with Gasteiger partial charge in [0.25, 0.3) is 0 Å². The molecular formula is C19H21BrFN3O. The molecule has 132 valence electrons. The van der Waals surface area contributed by atoms with Crippen LogP contribution in [0.4, 0.5) is 15.8 Å². The first-order valence-electron chi connectivity index (χ1n) is 8.39. The number of nitrogens with zero attached hydrogens (tertiary/aromatic N) is 2. The molecule has 0 spiro atoms. The van der Waals surface area contributed by atoms with Gasteiger partial charge in [0, 0.05) is 49.3 Å². The molecule has 4 nitrogen and oxygen atoms in total. The lowest BCUT2D eigenvalue weighted by Gasteiger charge is -2.36. The molecular weight excluding hydrogens is 385 g/mol. The molecule has 1 amide bonds. The molecule has 3 rings (SSSR count). The molecule has 1 N–H and O–H groups in total. The highest BCUT2D eigenvalue weighted by Gasteiger charge is 2.18. The lowest BCUT2D eigenvalue weighted by molar-refractivity contribution is -0.116. The number of rotatable bonds is 5. The zero-order valence-corrected chi connectivity index (χ0v) is 15.5. The molecule has 2 aromatic rings. The summed E-state index contributed by atoms with van der Waals surface area (Å²) in [5, 5.41) is 2.64. The summed E-state index contributed by atoms with van der Waals surface area (Å²) >= 11 is 3.20. The van der Waals surface area contributed by atoms with Crippen LogP contribution in [0.2, 0.25) is 0 Å². The highest BCUT2D eigenvalue weighted by molar-refractivity contribution is 9.10. The highest BCUT2D eigenvalue weighted by atomic mass is 79.9. The monoisotopic (exact) mass is 405 g/mol. The summed E-state index contributed by atoms with van der Waals surface area (Å²) in [7, 11) is 0. The Morgan fingerprint density at radius 3 is 2.48 bits per heavy atom. The van der Waals surface area contributed by atoms with Gasteiger partial charge in [-0.1, -0.05) is 34.1 Å². The van der Waals surface area contributed by atoms with Gasteiger partial charge in [-0.25, -0.2) is 4.39 Å². The van der Waals surface area contributed by atoms with Crippen LogP contribution in [0.15, 0.2) is 53.0 Å². The van der Waals surface area contributed by atoms with Gasteiger partial charge in [0.05, 0.1) is 5.69 Å². The summed E-state index contributed by atoms with van der Waals surface area (Å²) in [6, 6.07) is 15.0. The zero-order chi connectivity index (χ0) is 17.6. The van der Waals surface area contributed by atoms with Gasteiger partial charge in [0.1, 0.15) is 5.82 Å². The minimum absolute atomic E-state index is 0.160. The molecule has 0 saturated carbocycles. The average molecular weight is 406 g/mol. The number of carbonyl (C=O) groups is 1. The van der Waals surface area contributed by atoms with Gasteiger partial charge in [-0.3, -0.25) is 9.69 Å². The molecule has 0 unspecified atom stereocenters. The van der Waals surface area contributed by atoms with Crippen molar-refractivity contribution in [1.82, 2.24) is 4.90 Å². The molecule has 2 aromatic carbocycles. The van der Waals surface area contributed by atoms with E-state index >= 15 is 0 Å². The number of piperazine rings is 1. The summed E-state index contributed by atoms with van der Waals surface area (Å²) in [6.45, 7) is 4.44. The van der Waals surface area contributed by atoms with E-state index in [2.05, 4.69) is 43.2 Å². The van der Waals surface area contributed by atoms with Gasteiger partial charge in [0.15, 0.2) is 0 Å². The summed E-state index contributed by atoms with van der Waals surface area (Å²) in [6.07, 6.45) is 0.362. The Labute approximate surface area is 155 Å². The van der Waals surface area contributed by atoms with Crippen LogP contribution in [-0.2, 0) is 4.79 Å². The number of hydrogen-bond donors (Lipinski definition) is 1. The van der Waals surface area contributed by atoms with Gasteiger partial charge in [0.2, 0.25) is 5.91 Å². The largest absolute Gasteiger partial charge is 0.369 e. The number of benzene rings is 2. The minimum Gasteiger partial charge on any atom is -0.369 e. The first-order chi connectivity index (χ1) is 12.1. The van der Waals surface area contributed by atoms with Crippen LogP contribution in [0.1, 0.15) is 6.42 Å². The molecule has 1 aliphatic heterocycles. The highest BCUT2D eigenvalue weighted by Crippen LogP contribution is 2.19. The van der Waals surface area contributed by atoms with Crippen molar-refractivity contribution in [2.24, 2.45) is 0 Å². The Morgan fingerprint density at radius 2 is 1.80 bits per heavy atom. The average Bonchev–Trinajstić information content (AvgIpc) is 2.63. The van der Waals surface area contributed by atoms with Crippen molar-refractivity contribution in [3.63, 3.8) is 0 Å². The molecule has 0 atom stereocenters. The normalized spacial score (nSPS) is 15.2. The standard InChI is InChI=1S/C19H21BrFN3O/c20-15-6-7-18(17(21)14-15)22-19(25)8-9-23-10-12-24(13-11-23)16-4-2-1-3-5-16/h1-7,14H,8-13H2,(H,22,25). The number of nitrogens with one attached hydrogen (secondary N) is 1. The first-order valence-corrected chi connectivity index (χ1v) is 9.18. The second-order valence-electron chi connectivity index (χ2n) is 6.09. The van der Waals surface area contributed by atoms with Gasteiger partial charge >= 0.3 is 0 Å². The molecule has 25 heavy (non-hydrogen) atoms. The Bertz CT molecular complexity index is 718. The fourth-order valence-corrected chi connectivity index (χ4v) is 3.26. The summed E-state index contributed by atoms with van der Waals surface area (Å²) in [5.41, 5.74) is 1.47. The topological polar surface area (TPSA) is 35.6 Å². The maximum atomic E-state index is 13.7. The number of para-hydroxylation sites is 1. The fraction of sp³-hybridized carbons (Fsp3) is 0.316. The van der Waals surface area contributed by atoms with E-state index in [0.29, 0.717) is 17.4 Å². The molecule has 0 aliphatic carbocycles. The van der Waals surface area contributed by atoms with E-state index in [9.17, 15) is 9.18 Å². The van der Waals surface area contributed by atoms with Crippen molar-refractivity contribution in [3.05, 3.63) is 58.8 Å². The van der Waals surface area contributed by atoms with Gasteiger partial charge in [-0.2, -0.15) is 0 Å². The maximum absolute atomic E-state index is 13.7. The van der Waals surface area contributed by atoms with Crippen LogP contribution in [0.3, 0.4) is 0 Å². The Kier molecular flexibility index (Phi) is 6.04. The van der Waals surface area contributed by atoms with E-state index in [1.165, 1.54) is 11.8 Å². The quantitative estimate of drug-likeness (QED) is 0.822. The van der Waals surface area contributed by atoms with Gasteiger partial charge < -0.3 is 10.2 Å². The molecule has 6 heteroatoms. The van der Waals surface area contributed by atoms with Crippen molar-refractivity contribution in [2.45, 2.75) is 6.42 Å². The molecule has 1 saturated heterocycles. The van der Waals surface area contributed by atoms with E-state index in [-0.39, 0.29) is 11.6 Å². The molecule has 1 fully saturated rings. The van der Waals surface area contributed by atoms with E-state index in [1.54, 1.807) is 12.1 Å². The Balaban J connectivity index is 1.43. The minimum atomic E-state index is -0.431. The second-order valence-corrected chi connectivity index (χ2v) is 7.00. The summed E-state index contributed by atoms with van der Waals surface area (Å²) < 4.78 is 14.4. The Morgan fingerprint density at radius 1 is 1.08 bits per heavy atom. The third-order valence-corrected chi connectivity index (χ3v) is 4.85. The fourth-order valence-electron chi connectivity index (χ4n) is 2.93. The third kappa shape index (κ3) is 5.03. The lowest BCUT2D eigenvalue weighted by atomic mass is 10.2. The predicted octanol–water partition coefficient (Wildman–Crippen LogP) is 3.74. The van der Waals surface area contributed by atoms with Crippen LogP contribution >= 0.6 is 15.9 Å². The van der Waals surface area contributed by atoms with Crippen molar-refractivity contribution < 1.29 is 9.18 Å². The Hall–Kier alpha value is -1.92. The maximum Gasteiger partial charge on any atom is 0.225 e. The van der Waals surface area contributed by atoms with Crippen LogP contribution in [0.25, 0.3) is 0 Å². The van der Waals surface area contributed by atoms with E-state index in [4.69, 9.17) is 0 Å². The zero-order valence-electron chi connectivity index (χ0n) is 13.9. The molecule has 0 bridgehead atoms. The van der Waals surface area contributed by atoms with Crippen LogP contribution in [-0.4, -0.2) is 43.5 Å². The van der Waals surface area contributed by atoms with Gasteiger partial charge in [-0.05, 0) is 30.3 Å². The van der Waals surface area contributed by atoms with Gasteiger partial charge in [-0.15, -0.1) is 0 Å². The summed E-state index contributed by atoms with van der Waals surface area (Å²) in [5.74, 6) is -0.592. The van der Waals surface area contributed by atoms with Crippen molar-refractivity contribution in [2.75, 3.05) is 42.9 Å². The number of anilines is 2. The number of amides is 1. The van der Waals surface area contributed by atoms with Crippen LogP contribution in [0.5, 0.6) is 0 Å². The smallest absolute Gasteiger partial charge is 0.225 e. The molecule has 1 heterocycles. The van der Waals surface area contributed by atoms with Crippen LogP contribution in [0, 0.1) is 5.82 Å². The number of hydrogen-bond acceptors (Lipinski definition) is 3. The third-order valence-electron chi connectivity index (χ3n) is 4.35. The second kappa shape index (κ2) is 8.45. The van der Waals surface area contributed by atoms with E-state index in [0.717, 1.165) is 26.2 Å². The summed E-state index contributed by atoms with van der Waals surface area (Å²) in [4.78, 5) is 16.7. The van der Waals surface area contributed by atoms with Crippen LogP contribution < -0.4 is 10.2 Å². The van der Waals surface area contributed by atoms with E-state index in [1.807, 2.05) is 18.2 Å². The predicted molar refractivity (Wildman–Crippen MR) is 102 cm³/mol. The van der Waals surface area contributed by atoms with E-state index < -0.39 is 5.82 Å². The lowest BCUT2D eigenvalue weighted by Crippen LogP contribution is -2.47. The van der Waals surface area contributed by atoms with Crippen molar-refractivity contribution >= 4 is 33.2 Å². The van der Waals surface area contributed by atoms with Crippen molar-refractivity contribution in [3.8, 4) is 0 Å². The molecule has 0 radical (unpaired) electrons. The number of carbonyl (C=O) groups excluding carboxylic acids is 1. The molecule has 0 aromatic heterocycles. The number of halogens is 2.